The summed E-state index contributed by atoms with van der Waals surface area (Å²) in [5, 5.41) is 12.6. The molecule has 0 saturated heterocycles. The zero-order valence-corrected chi connectivity index (χ0v) is 44.6. The van der Waals surface area contributed by atoms with E-state index in [2.05, 4.69) is 289 Å². The Kier molecular flexibility index (Phi) is 11.7. The van der Waals surface area contributed by atoms with Crippen LogP contribution in [0.15, 0.2) is 267 Å². The van der Waals surface area contributed by atoms with Gasteiger partial charge in [0.25, 0.3) is 0 Å². The Balaban J connectivity index is 0.00000541. The molecule has 0 radical (unpaired) electrons. The second-order valence-corrected chi connectivity index (χ2v) is 26.9. The van der Waals surface area contributed by atoms with Gasteiger partial charge in [-0.15, -0.1) is 40.6 Å². The summed E-state index contributed by atoms with van der Waals surface area (Å²) < 4.78 is 4.66. The third-order valence-electron chi connectivity index (χ3n) is 15.7. The molecule has 0 saturated carbocycles. The van der Waals surface area contributed by atoms with Gasteiger partial charge in [0.15, 0.2) is 8.07 Å². The van der Waals surface area contributed by atoms with Crippen molar-refractivity contribution in [3.63, 3.8) is 0 Å². The number of para-hydroxylation sites is 4. The van der Waals surface area contributed by atoms with Crippen LogP contribution in [0.2, 0.25) is 0 Å². The molecule has 0 fully saturated rings. The average molecular weight is 1080 g/mol. The van der Waals surface area contributed by atoms with E-state index >= 15 is 0 Å². The van der Waals surface area contributed by atoms with E-state index in [1.54, 1.807) is 0 Å². The van der Waals surface area contributed by atoms with Crippen molar-refractivity contribution in [1.82, 2.24) is 19.1 Å². The van der Waals surface area contributed by atoms with Gasteiger partial charge in [0, 0.05) is 35.6 Å². The Bertz CT molecular complexity index is 4140. The van der Waals surface area contributed by atoms with Crippen LogP contribution in [0.25, 0.3) is 49.9 Å². The van der Waals surface area contributed by atoms with Crippen LogP contribution in [0.3, 0.4) is 0 Å². The third-order valence-corrected chi connectivity index (χ3v) is 25.1. The van der Waals surface area contributed by atoms with Crippen molar-refractivity contribution in [2.24, 2.45) is 7.05 Å². The molecular weight excluding hydrogens is 1040 g/mol. The van der Waals surface area contributed by atoms with Crippen LogP contribution in [0, 0.1) is 12.1 Å². The summed E-state index contributed by atoms with van der Waals surface area (Å²) >= 11 is 0. The van der Waals surface area contributed by atoms with E-state index in [4.69, 9.17) is 9.97 Å². The normalized spacial score (nSPS) is 13.8. The van der Waals surface area contributed by atoms with Crippen LogP contribution in [0.4, 0.5) is 0 Å². The summed E-state index contributed by atoms with van der Waals surface area (Å²) in [5.41, 5.74) is 9.98. The van der Waals surface area contributed by atoms with E-state index in [0.717, 1.165) is 49.7 Å². The number of aryl methyl sites for hydroxylation is 1. The molecule has 1 atom stereocenters. The van der Waals surface area contributed by atoms with Crippen LogP contribution in [-0.2, 0) is 27.5 Å². The number of benzene rings is 10. The molecule has 7 heteroatoms. The van der Waals surface area contributed by atoms with E-state index in [9.17, 15) is 0 Å². The molecule has 0 spiro atoms. The molecule has 14 rings (SSSR count). The number of aromatic nitrogens is 4. The van der Waals surface area contributed by atoms with Crippen LogP contribution < -0.4 is 41.5 Å². The van der Waals surface area contributed by atoms with Crippen LogP contribution >= 0.6 is 0 Å². The molecule has 0 aliphatic carbocycles. The number of fused-ring (bicyclic) bond motifs is 6. The topological polar surface area (TPSA) is 35.6 Å². The fraction of sp³-hybridized carbons (Fsp3) is 0.0294. The quantitative estimate of drug-likeness (QED) is 0.0821. The van der Waals surface area contributed by atoms with Gasteiger partial charge in [-0.3, -0.25) is 9.97 Å². The fourth-order valence-electron chi connectivity index (χ4n) is 12.6. The standard InChI is InChI=1S/C68H48N4Si2.Pd/c1-71-62-41-20-18-39-60(62)70-68(71)49-25-22-37-56(45-49)73(51-28-9-3-10-29-51,52-30-11-4-12-31-52)55-36-21-24-48(44-55)66-59-46-58-57-38-17-19-40-61(57)72(50-26-7-2-8-27-50)63(58)47-65(59)74(53-32-13-5-14-33-53,54-34-15-6-16-35-54)64-42-23-43-69-67(64)66;/h2-43,46-47,66H,1H3;/q-2;+2. The number of nitrogens with zero attached hydrogens (tertiary/aromatic N) is 4. The summed E-state index contributed by atoms with van der Waals surface area (Å²) in [6.45, 7) is 0. The molecule has 10 aromatic carbocycles. The molecular formula is C68H48N4PdSi2. The number of imidazole rings is 1. The van der Waals surface area contributed by atoms with Crippen LogP contribution in [-0.4, -0.2) is 35.2 Å². The first-order valence-corrected chi connectivity index (χ1v) is 29.4. The Morgan fingerprint density at radius 2 is 1.05 bits per heavy atom. The molecule has 1 aliphatic rings. The molecule has 0 bridgehead atoms. The van der Waals surface area contributed by atoms with Crippen LogP contribution in [0.1, 0.15) is 22.7 Å². The summed E-state index contributed by atoms with van der Waals surface area (Å²) in [4.78, 5) is 10.8. The molecule has 4 nitrogen and oxygen atoms in total. The Labute approximate surface area is 453 Å². The van der Waals surface area contributed by atoms with Crippen molar-refractivity contribution in [2.75, 3.05) is 0 Å². The van der Waals surface area contributed by atoms with Crippen molar-refractivity contribution in [3.05, 3.63) is 296 Å². The zero-order chi connectivity index (χ0) is 49.2. The first-order valence-electron chi connectivity index (χ1n) is 25.4. The van der Waals surface area contributed by atoms with Gasteiger partial charge >= 0.3 is 20.4 Å². The first-order chi connectivity index (χ1) is 36.6. The minimum absolute atomic E-state index is 0. The molecule has 358 valence electrons. The Morgan fingerprint density at radius 1 is 0.480 bits per heavy atom. The van der Waals surface area contributed by atoms with E-state index in [1.807, 2.05) is 6.20 Å². The zero-order valence-electron chi connectivity index (χ0n) is 41.1. The average Bonchev–Trinajstić information content (AvgIpc) is 3.99. The Hall–Kier alpha value is -8.28. The number of hydrogen-bond donors (Lipinski definition) is 0. The van der Waals surface area contributed by atoms with Crippen molar-refractivity contribution in [2.45, 2.75) is 5.92 Å². The van der Waals surface area contributed by atoms with E-state index < -0.39 is 16.1 Å². The van der Waals surface area contributed by atoms with Crippen LogP contribution in [0.5, 0.6) is 0 Å². The Morgan fingerprint density at radius 3 is 1.72 bits per heavy atom. The van der Waals surface area contributed by atoms with Crippen molar-refractivity contribution in [3.8, 4) is 17.1 Å². The molecule has 0 amide bonds. The number of hydrogen-bond acceptors (Lipinski definition) is 2. The molecule has 1 aliphatic heterocycles. The maximum absolute atomic E-state index is 5.56. The van der Waals surface area contributed by atoms with E-state index in [-0.39, 0.29) is 26.3 Å². The predicted octanol–water partition coefficient (Wildman–Crippen LogP) is 9.58. The summed E-state index contributed by atoms with van der Waals surface area (Å²) in [6, 6.07) is 105. The second kappa shape index (κ2) is 18.9. The maximum Gasteiger partial charge on any atom is 2.00 e. The molecule has 4 heterocycles. The van der Waals surface area contributed by atoms with Gasteiger partial charge in [0.1, 0.15) is 8.07 Å². The summed E-state index contributed by atoms with van der Waals surface area (Å²) in [7, 11) is -4.20. The molecule has 75 heavy (non-hydrogen) atoms. The van der Waals surface area contributed by atoms with Crippen molar-refractivity contribution in [1.29, 1.82) is 0 Å². The van der Waals surface area contributed by atoms with Crippen molar-refractivity contribution < 1.29 is 20.4 Å². The number of rotatable bonds is 9. The van der Waals surface area contributed by atoms with Gasteiger partial charge in [-0.2, -0.15) is 29.5 Å². The number of pyridine rings is 1. The van der Waals surface area contributed by atoms with Gasteiger partial charge < -0.3 is 9.13 Å². The van der Waals surface area contributed by atoms with E-state index in [1.165, 1.54) is 58.5 Å². The van der Waals surface area contributed by atoms with Crippen molar-refractivity contribution >= 4 is 90.5 Å². The smallest absolute Gasteiger partial charge is 0.367 e. The van der Waals surface area contributed by atoms with Gasteiger partial charge in [0.2, 0.25) is 0 Å². The minimum atomic E-state index is -3.21. The third kappa shape index (κ3) is 7.18. The largest absolute Gasteiger partial charge is 2.00 e. The summed E-state index contributed by atoms with van der Waals surface area (Å²) in [6.07, 6.45) is 2.00. The van der Waals surface area contributed by atoms with Gasteiger partial charge in [0.05, 0.1) is 33.6 Å². The molecule has 0 N–H and O–H groups in total. The molecule has 13 aromatic rings. The first kappa shape index (κ1) is 46.5. The van der Waals surface area contributed by atoms with E-state index in [0.29, 0.717) is 0 Å². The molecule has 1 unspecified atom stereocenters. The van der Waals surface area contributed by atoms with Gasteiger partial charge in [-0.25, -0.2) is 0 Å². The van der Waals surface area contributed by atoms with Gasteiger partial charge in [-0.1, -0.05) is 176 Å². The minimum Gasteiger partial charge on any atom is -0.367 e. The summed E-state index contributed by atoms with van der Waals surface area (Å²) in [5.74, 6) is 0.645. The molecule has 3 aromatic heterocycles. The van der Waals surface area contributed by atoms with Gasteiger partial charge in [-0.05, 0) is 85.2 Å². The maximum atomic E-state index is 5.56. The second-order valence-electron chi connectivity index (χ2n) is 19.5. The fourth-order valence-corrected chi connectivity index (χ4v) is 22.4. The predicted molar refractivity (Wildman–Crippen MR) is 311 cm³/mol. The SMILES string of the molecule is Cn1c(-c2[c-]c([Si](c3[c-]c(C4c5cc6c7ccccc7n(-c7ccccc7)c6cc5[Si](c5ccccc5)(c5ccccc5)c5cccnc54)ccc3)(c3ccccc3)c3ccccc3)ccc2)nc2ccccc21.[Pd+2]. The monoisotopic (exact) mass is 1080 g/mol.